The number of anilines is 2. The normalized spacial score (nSPS) is 11.2. The summed E-state index contributed by atoms with van der Waals surface area (Å²) in [4.78, 5) is 24.7. The number of benzene rings is 2. The summed E-state index contributed by atoms with van der Waals surface area (Å²) in [7, 11) is -4.16. The van der Waals surface area contributed by atoms with E-state index in [1.165, 1.54) is 26.0 Å². The Morgan fingerprint density at radius 2 is 1.65 bits per heavy atom. The number of ether oxygens (including phenoxy) is 1. The molecule has 9 nitrogen and oxygen atoms in total. The van der Waals surface area contributed by atoms with Crippen molar-refractivity contribution in [3.05, 3.63) is 70.6 Å². The van der Waals surface area contributed by atoms with E-state index < -0.39 is 28.4 Å². The highest BCUT2D eigenvalue weighted by Gasteiger charge is 2.33. The number of esters is 1. The first-order valence-electron chi connectivity index (χ1n) is 10.6. The first-order valence-corrected chi connectivity index (χ1v) is 12.1. The Morgan fingerprint density at radius 3 is 2.18 bits per heavy atom. The van der Waals surface area contributed by atoms with Crippen LogP contribution >= 0.6 is 0 Å². The predicted molar refractivity (Wildman–Crippen MR) is 127 cm³/mol. The van der Waals surface area contributed by atoms with Gasteiger partial charge in [0.15, 0.2) is 10.7 Å². The Hall–Kier alpha value is -3.66. The van der Waals surface area contributed by atoms with Crippen molar-refractivity contribution in [2.45, 2.75) is 39.5 Å². The highest BCUT2D eigenvalue weighted by molar-refractivity contribution is 7.93. The molecule has 0 spiro atoms. The van der Waals surface area contributed by atoms with E-state index in [-0.39, 0.29) is 23.0 Å². The van der Waals surface area contributed by atoms with Crippen LogP contribution in [-0.4, -0.2) is 38.6 Å². The Balaban J connectivity index is 1.92. The summed E-state index contributed by atoms with van der Waals surface area (Å²) in [6.45, 7) is 8.24. The van der Waals surface area contributed by atoms with Crippen LogP contribution in [0.5, 0.6) is 0 Å². The number of hydrogen-bond acceptors (Lipinski definition) is 7. The molecule has 1 aromatic heterocycles. The lowest BCUT2D eigenvalue weighted by molar-refractivity contribution is -0.114. The first kappa shape index (κ1) is 25.0. The molecule has 34 heavy (non-hydrogen) atoms. The summed E-state index contributed by atoms with van der Waals surface area (Å²) in [5, 5.41) is 6.44. The Bertz CT molecular complexity index is 1270. The summed E-state index contributed by atoms with van der Waals surface area (Å²) in [5.41, 5.74) is 3.02. The molecule has 0 unspecified atom stereocenters. The fourth-order valence-corrected chi connectivity index (χ4v) is 5.30. The second-order valence-corrected chi connectivity index (χ2v) is 9.66. The number of nitrogens with zero attached hydrogens (tertiary/aromatic N) is 2. The van der Waals surface area contributed by atoms with Gasteiger partial charge in [-0.2, -0.15) is 0 Å². The third-order valence-electron chi connectivity index (χ3n) is 4.98. The van der Waals surface area contributed by atoms with Crippen molar-refractivity contribution in [2.75, 3.05) is 22.8 Å². The van der Waals surface area contributed by atoms with Crippen LogP contribution in [0.25, 0.3) is 0 Å². The van der Waals surface area contributed by atoms with E-state index in [2.05, 4.69) is 10.5 Å². The number of nitrogens with one attached hydrogen (secondary N) is 1. The third kappa shape index (κ3) is 5.45. The van der Waals surface area contributed by atoms with Crippen LogP contribution in [0, 0.1) is 27.7 Å². The number of rotatable bonds is 8. The minimum absolute atomic E-state index is 0.0711. The molecule has 3 rings (SSSR count). The smallest absolute Gasteiger partial charge is 0.338 e. The molecule has 0 bridgehead atoms. The van der Waals surface area contributed by atoms with E-state index in [1.54, 1.807) is 31.2 Å². The third-order valence-corrected chi connectivity index (χ3v) is 7.00. The topological polar surface area (TPSA) is 119 Å². The van der Waals surface area contributed by atoms with Crippen LogP contribution in [0.2, 0.25) is 0 Å². The van der Waals surface area contributed by atoms with Gasteiger partial charge in [0, 0.05) is 5.69 Å². The summed E-state index contributed by atoms with van der Waals surface area (Å²) in [6, 6.07) is 11.5. The number of hydrogen-bond donors (Lipinski definition) is 1. The molecule has 0 saturated heterocycles. The second-order valence-electron chi connectivity index (χ2n) is 7.86. The fourth-order valence-electron chi connectivity index (χ4n) is 3.60. The molecule has 0 saturated carbocycles. The van der Waals surface area contributed by atoms with Crippen LogP contribution < -0.4 is 9.62 Å². The molecule has 10 heteroatoms. The van der Waals surface area contributed by atoms with Crippen molar-refractivity contribution in [3.63, 3.8) is 0 Å². The maximum atomic E-state index is 13.6. The zero-order valence-electron chi connectivity index (χ0n) is 19.7. The number of aryl methyl sites for hydroxylation is 4. The Labute approximate surface area is 198 Å². The molecule has 0 aliphatic rings. The predicted octanol–water partition coefficient (Wildman–Crippen LogP) is 3.92. The molecule has 1 amide bonds. The van der Waals surface area contributed by atoms with Gasteiger partial charge in [-0.3, -0.25) is 9.10 Å². The van der Waals surface area contributed by atoms with E-state index in [0.29, 0.717) is 16.9 Å². The van der Waals surface area contributed by atoms with Crippen molar-refractivity contribution in [3.8, 4) is 0 Å². The van der Waals surface area contributed by atoms with Gasteiger partial charge in [0.2, 0.25) is 5.91 Å². The molecule has 2 aromatic carbocycles. The zero-order chi connectivity index (χ0) is 25.0. The molecule has 0 fully saturated rings. The van der Waals surface area contributed by atoms with E-state index in [0.717, 1.165) is 15.4 Å². The molecule has 180 valence electrons. The molecular weight excluding hydrogens is 458 g/mol. The van der Waals surface area contributed by atoms with Gasteiger partial charge in [-0.1, -0.05) is 11.2 Å². The van der Waals surface area contributed by atoms with Gasteiger partial charge >= 0.3 is 5.97 Å². The van der Waals surface area contributed by atoms with E-state index >= 15 is 0 Å². The standard InChI is InChI=1S/C24H27N3O6S/c1-6-32-24(29)19-7-9-20(10-8-19)25-22(28)14-27(21-12-15(2)11-16(3)13-21)34(30,31)23-17(4)26-33-18(23)5/h7-13H,6,14H2,1-5H3,(H,25,28). The van der Waals surface area contributed by atoms with Crippen LogP contribution in [0.3, 0.4) is 0 Å². The molecule has 1 N–H and O–H groups in total. The lowest BCUT2D eigenvalue weighted by atomic mass is 10.1. The maximum absolute atomic E-state index is 13.6. The lowest BCUT2D eigenvalue weighted by Crippen LogP contribution is -2.38. The summed E-state index contributed by atoms with van der Waals surface area (Å²) >= 11 is 0. The molecule has 0 radical (unpaired) electrons. The Morgan fingerprint density at radius 1 is 1.03 bits per heavy atom. The van der Waals surface area contributed by atoms with Gasteiger partial charge in [-0.15, -0.1) is 0 Å². The van der Waals surface area contributed by atoms with Gasteiger partial charge in [-0.25, -0.2) is 13.2 Å². The number of aromatic nitrogens is 1. The number of carbonyl (C=O) groups is 2. The summed E-state index contributed by atoms with van der Waals surface area (Å²) < 4.78 is 38.3. The van der Waals surface area contributed by atoms with Crippen molar-refractivity contribution in [1.29, 1.82) is 0 Å². The van der Waals surface area contributed by atoms with Gasteiger partial charge in [0.25, 0.3) is 10.0 Å². The minimum atomic E-state index is -4.16. The number of sulfonamides is 1. The second kappa shape index (κ2) is 10.1. The molecule has 0 atom stereocenters. The zero-order valence-corrected chi connectivity index (χ0v) is 20.5. The number of carbonyl (C=O) groups excluding carboxylic acids is 2. The molecule has 1 heterocycles. The molecular formula is C24H27N3O6S. The SMILES string of the molecule is CCOC(=O)c1ccc(NC(=O)CN(c2cc(C)cc(C)c2)S(=O)(=O)c2c(C)noc2C)cc1. The summed E-state index contributed by atoms with van der Waals surface area (Å²) in [5.74, 6) is -0.882. The average molecular weight is 486 g/mol. The van der Waals surface area contributed by atoms with E-state index in [4.69, 9.17) is 9.26 Å². The van der Waals surface area contributed by atoms with Crippen LogP contribution in [0.1, 0.15) is 39.9 Å². The molecule has 3 aromatic rings. The van der Waals surface area contributed by atoms with E-state index in [1.807, 2.05) is 19.9 Å². The van der Waals surface area contributed by atoms with Crippen molar-refractivity contribution >= 4 is 33.3 Å². The minimum Gasteiger partial charge on any atom is -0.462 e. The van der Waals surface area contributed by atoms with Crippen LogP contribution in [-0.2, 0) is 19.6 Å². The summed E-state index contributed by atoms with van der Waals surface area (Å²) in [6.07, 6.45) is 0. The van der Waals surface area contributed by atoms with Gasteiger partial charge in [0.1, 0.15) is 12.2 Å². The Kier molecular flexibility index (Phi) is 7.41. The van der Waals surface area contributed by atoms with E-state index in [9.17, 15) is 18.0 Å². The van der Waals surface area contributed by atoms with Crippen LogP contribution in [0.15, 0.2) is 51.9 Å². The quantitative estimate of drug-likeness (QED) is 0.480. The van der Waals surface area contributed by atoms with Crippen LogP contribution in [0.4, 0.5) is 11.4 Å². The van der Waals surface area contributed by atoms with Crippen molar-refractivity contribution < 1.29 is 27.3 Å². The maximum Gasteiger partial charge on any atom is 0.338 e. The highest BCUT2D eigenvalue weighted by atomic mass is 32.2. The lowest BCUT2D eigenvalue weighted by Gasteiger charge is -2.24. The van der Waals surface area contributed by atoms with Crippen molar-refractivity contribution in [1.82, 2.24) is 5.16 Å². The highest BCUT2D eigenvalue weighted by Crippen LogP contribution is 2.29. The number of amides is 1. The first-order chi connectivity index (χ1) is 16.0. The molecule has 0 aliphatic heterocycles. The van der Waals surface area contributed by atoms with Gasteiger partial charge < -0.3 is 14.6 Å². The monoisotopic (exact) mass is 485 g/mol. The average Bonchev–Trinajstić information content (AvgIpc) is 3.10. The van der Waals surface area contributed by atoms with Gasteiger partial charge in [-0.05, 0) is 82.1 Å². The fraction of sp³-hybridized carbons (Fsp3) is 0.292. The van der Waals surface area contributed by atoms with Crippen molar-refractivity contribution in [2.24, 2.45) is 0 Å². The largest absolute Gasteiger partial charge is 0.462 e. The molecule has 0 aliphatic carbocycles. The van der Waals surface area contributed by atoms with Gasteiger partial charge in [0.05, 0.1) is 17.9 Å².